The van der Waals surface area contributed by atoms with Gasteiger partial charge in [0.15, 0.2) is 5.52 Å². The maximum absolute atomic E-state index is 12.8. The van der Waals surface area contributed by atoms with Gasteiger partial charge in [-0.3, -0.25) is 9.78 Å². The zero-order valence-electron chi connectivity index (χ0n) is 19.5. The summed E-state index contributed by atoms with van der Waals surface area (Å²) in [6.07, 6.45) is 3.83. The lowest BCUT2D eigenvalue weighted by molar-refractivity contribution is -0.144. The molecule has 2 fully saturated rings. The number of nitrogens with zero attached hydrogens (tertiary/aromatic N) is 5. The monoisotopic (exact) mass is 463 g/mol. The average Bonchev–Trinajstić information content (AvgIpc) is 3.42. The van der Waals surface area contributed by atoms with Crippen molar-refractivity contribution in [2.75, 3.05) is 58.5 Å². The molecule has 0 spiro atoms. The van der Waals surface area contributed by atoms with Crippen LogP contribution in [0.3, 0.4) is 0 Å². The number of anilines is 1. The highest BCUT2D eigenvalue weighted by molar-refractivity contribution is 5.83. The lowest BCUT2D eigenvalue weighted by atomic mass is 10.1. The van der Waals surface area contributed by atoms with E-state index in [1.54, 1.807) is 12.4 Å². The predicted molar refractivity (Wildman–Crippen MR) is 128 cm³/mol. The Morgan fingerprint density at radius 1 is 1.18 bits per heavy atom. The van der Waals surface area contributed by atoms with Gasteiger partial charge < -0.3 is 24.0 Å². The summed E-state index contributed by atoms with van der Waals surface area (Å²) in [6.45, 7) is 3.00. The van der Waals surface area contributed by atoms with Crippen molar-refractivity contribution in [1.29, 1.82) is 0 Å². The Balaban J connectivity index is 1.33. The quantitative estimate of drug-likeness (QED) is 0.551. The van der Waals surface area contributed by atoms with Crippen molar-refractivity contribution in [3.8, 4) is 17.1 Å². The van der Waals surface area contributed by atoms with Gasteiger partial charge in [-0.05, 0) is 24.6 Å². The molecule has 9 nitrogen and oxygen atoms in total. The number of morpholine rings is 1. The predicted octanol–water partition coefficient (Wildman–Crippen LogP) is 2.40. The molecule has 0 N–H and O–H groups in total. The van der Waals surface area contributed by atoms with E-state index in [2.05, 4.69) is 27.0 Å². The highest BCUT2D eigenvalue weighted by Gasteiger charge is 2.32. The van der Waals surface area contributed by atoms with Gasteiger partial charge in [-0.2, -0.15) is 0 Å². The van der Waals surface area contributed by atoms with E-state index in [0.717, 1.165) is 23.4 Å². The summed E-state index contributed by atoms with van der Waals surface area (Å²) in [5.74, 6) is 0.507. The van der Waals surface area contributed by atoms with Crippen LogP contribution >= 0.6 is 0 Å². The van der Waals surface area contributed by atoms with E-state index in [9.17, 15) is 4.79 Å². The highest BCUT2D eigenvalue weighted by atomic mass is 16.5. The number of hydrogen-bond donors (Lipinski definition) is 0. The number of amides is 1. The first-order valence-corrected chi connectivity index (χ1v) is 11.6. The summed E-state index contributed by atoms with van der Waals surface area (Å²) in [6, 6.07) is 10.1. The van der Waals surface area contributed by atoms with Crippen LogP contribution in [-0.4, -0.2) is 85.5 Å². The number of fused-ring (bicyclic) bond motifs is 1. The standard InChI is InChI=1S/C25H29N5O4/c1-29(2)19-5-3-17(4-6-19)21-13-22-23(27-9-8-26-22)24(28-21)34-16-20-14-30(10-12-33-20)25(31)18-7-11-32-15-18/h3-6,8-9,13,18,20H,7,10-12,14-16H2,1-2H3/t18-,20-/m1/s1. The number of benzene rings is 1. The Morgan fingerprint density at radius 2 is 2.00 bits per heavy atom. The Hall–Kier alpha value is -3.30. The minimum absolute atomic E-state index is 0.0453. The van der Waals surface area contributed by atoms with Crippen molar-refractivity contribution in [3.05, 3.63) is 42.7 Å². The Kier molecular flexibility index (Phi) is 6.55. The molecule has 9 heteroatoms. The van der Waals surface area contributed by atoms with E-state index >= 15 is 0 Å². The van der Waals surface area contributed by atoms with E-state index < -0.39 is 0 Å². The van der Waals surface area contributed by atoms with Crippen molar-refractivity contribution in [2.45, 2.75) is 12.5 Å². The van der Waals surface area contributed by atoms with Crippen molar-refractivity contribution in [1.82, 2.24) is 19.9 Å². The molecule has 1 aromatic carbocycles. The van der Waals surface area contributed by atoms with Gasteiger partial charge >= 0.3 is 0 Å². The average molecular weight is 464 g/mol. The molecule has 2 aromatic heterocycles. The van der Waals surface area contributed by atoms with E-state index in [0.29, 0.717) is 49.8 Å². The van der Waals surface area contributed by atoms with E-state index in [-0.39, 0.29) is 24.5 Å². The summed E-state index contributed by atoms with van der Waals surface area (Å²) in [5.41, 5.74) is 4.15. The van der Waals surface area contributed by atoms with Crippen molar-refractivity contribution < 1.29 is 19.0 Å². The fourth-order valence-corrected chi connectivity index (χ4v) is 4.30. The molecule has 0 unspecified atom stereocenters. The van der Waals surface area contributed by atoms with Crippen LogP contribution in [0.2, 0.25) is 0 Å². The van der Waals surface area contributed by atoms with Crippen LogP contribution < -0.4 is 9.64 Å². The van der Waals surface area contributed by atoms with Crippen LogP contribution in [0.25, 0.3) is 22.3 Å². The molecule has 2 atom stereocenters. The molecule has 1 amide bonds. The zero-order valence-corrected chi connectivity index (χ0v) is 19.5. The molecule has 0 saturated carbocycles. The maximum Gasteiger partial charge on any atom is 0.242 e. The Bertz CT molecular complexity index is 1150. The summed E-state index contributed by atoms with van der Waals surface area (Å²) in [7, 11) is 4.02. The summed E-state index contributed by atoms with van der Waals surface area (Å²) in [4.78, 5) is 30.3. The number of carbonyl (C=O) groups excluding carboxylic acids is 1. The van der Waals surface area contributed by atoms with Crippen LogP contribution in [0.5, 0.6) is 5.88 Å². The minimum atomic E-state index is -0.239. The Morgan fingerprint density at radius 3 is 2.76 bits per heavy atom. The molecule has 3 aromatic rings. The van der Waals surface area contributed by atoms with Gasteiger partial charge in [0.05, 0.1) is 36.9 Å². The number of pyridine rings is 1. The van der Waals surface area contributed by atoms with Gasteiger partial charge in [-0.25, -0.2) is 9.97 Å². The van der Waals surface area contributed by atoms with Gasteiger partial charge in [0.1, 0.15) is 12.7 Å². The molecule has 2 saturated heterocycles. The lowest BCUT2D eigenvalue weighted by Crippen LogP contribution is -2.49. The molecule has 0 aliphatic carbocycles. The van der Waals surface area contributed by atoms with E-state index in [1.807, 2.05) is 37.2 Å². The largest absolute Gasteiger partial charge is 0.473 e. The van der Waals surface area contributed by atoms with Gasteiger partial charge in [0, 0.05) is 50.9 Å². The summed E-state index contributed by atoms with van der Waals surface area (Å²) in [5, 5.41) is 0. The molecule has 178 valence electrons. The summed E-state index contributed by atoms with van der Waals surface area (Å²) < 4.78 is 17.4. The topological polar surface area (TPSA) is 89.9 Å². The third-order valence-corrected chi connectivity index (χ3v) is 6.24. The fourth-order valence-electron chi connectivity index (χ4n) is 4.30. The van der Waals surface area contributed by atoms with Crippen LogP contribution in [-0.2, 0) is 14.3 Å². The smallest absolute Gasteiger partial charge is 0.242 e. The SMILES string of the molecule is CN(C)c1ccc(-c2cc3nccnc3c(OC[C@H]3CN(C(=O)[C@@H]4CCOC4)CCO3)n2)cc1. The number of hydrogen-bond acceptors (Lipinski definition) is 8. The second-order valence-corrected chi connectivity index (χ2v) is 8.83. The van der Waals surface area contributed by atoms with Crippen LogP contribution in [0.4, 0.5) is 5.69 Å². The molecular formula is C25H29N5O4. The van der Waals surface area contributed by atoms with Crippen molar-refractivity contribution >= 4 is 22.6 Å². The molecule has 2 aliphatic rings. The van der Waals surface area contributed by atoms with Gasteiger partial charge in [-0.15, -0.1) is 0 Å². The maximum atomic E-state index is 12.8. The molecule has 0 radical (unpaired) electrons. The van der Waals surface area contributed by atoms with E-state index in [4.69, 9.17) is 19.2 Å². The fraction of sp³-hybridized carbons (Fsp3) is 0.440. The number of ether oxygens (including phenoxy) is 3. The van der Waals surface area contributed by atoms with Crippen molar-refractivity contribution in [3.63, 3.8) is 0 Å². The van der Waals surface area contributed by atoms with E-state index in [1.165, 1.54) is 0 Å². The molecule has 4 heterocycles. The van der Waals surface area contributed by atoms with Gasteiger partial charge in [0.2, 0.25) is 11.8 Å². The first kappa shape index (κ1) is 22.5. The third kappa shape index (κ3) is 4.80. The highest BCUT2D eigenvalue weighted by Crippen LogP contribution is 2.28. The first-order valence-electron chi connectivity index (χ1n) is 11.6. The molecule has 5 rings (SSSR count). The third-order valence-electron chi connectivity index (χ3n) is 6.24. The first-order chi connectivity index (χ1) is 16.6. The van der Waals surface area contributed by atoms with Crippen LogP contribution in [0.1, 0.15) is 6.42 Å². The van der Waals surface area contributed by atoms with Gasteiger partial charge in [-0.1, -0.05) is 12.1 Å². The number of rotatable bonds is 6. The normalized spacial score (nSPS) is 20.5. The second-order valence-electron chi connectivity index (χ2n) is 8.83. The lowest BCUT2D eigenvalue weighted by Gasteiger charge is -2.34. The number of aromatic nitrogens is 3. The van der Waals surface area contributed by atoms with Gasteiger partial charge in [0.25, 0.3) is 0 Å². The van der Waals surface area contributed by atoms with Crippen LogP contribution in [0.15, 0.2) is 42.7 Å². The molecule has 0 bridgehead atoms. The van der Waals surface area contributed by atoms with Crippen molar-refractivity contribution in [2.24, 2.45) is 5.92 Å². The van der Waals surface area contributed by atoms with Crippen LogP contribution in [0, 0.1) is 5.92 Å². The summed E-state index contributed by atoms with van der Waals surface area (Å²) >= 11 is 0. The zero-order chi connectivity index (χ0) is 23.5. The molecule has 34 heavy (non-hydrogen) atoms. The number of carbonyl (C=O) groups is 1. The Labute approximate surface area is 198 Å². The second kappa shape index (κ2) is 9.90. The molecular weight excluding hydrogens is 434 g/mol. The molecule has 2 aliphatic heterocycles. The minimum Gasteiger partial charge on any atom is -0.473 e.